The molecule has 0 aromatic heterocycles. The van der Waals surface area contributed by atoms with Crippen molar-refractivity contribution in [3.05, 3.63) is 12.2 Å². The summed E-state index contributed by atoms with van der Waals surface area (Å²) in [4.78, 5) is 10.9. The van der Waals surface area contributed by atoms with Gasteiger partial charge in [-0.3, -0.25) is 4.79 Å². The molecule has 76 valence electrons. The first-order chi connectivity index (χ1) is 6.16. The minimum atomic E-state index is 0.396. The van der Waals surface area contributed by atoms with E-state index < -0.39 is 0 Å². The molecule has 1 heteroatoms. The van der Waals surface area contributed by atoms with E-state index in [1.54, 1.807) is 0 Å². The zero-order chi connectivity index (χ0) is 10.1. The summed E-state index contributed by atoms with van der Waals surface area (Å²) in [5, 5.41) is 0. The van der Waals surface area contributed by atoms with Gasteiger partial charge in [0.25, 0.3) is 0 Å². The minimum absolute atomic E-state index is 0.396. The normalized spacial score (nSPS) is 11.4. The topological polar surface area (TPSA) is 17.1 Å². The SMILES string of the molecule is CCC(=O)CCCCC=CC(C)C. The smallest absolute Gasteiger partial charge is 0.132 e. The highest BCUT2D eigenvalue weighted by Gasteiger charge is 1.96. The molecule has 0 aromatic carbocycles. The molecule has 0 heterocycles. The van der Waals surface area contributed by atoms with Crippen LogP contribution in [0.5, 0.6) is 0 Å². The van der Waals surface area contributed by atoms with E-state index in [-0.39, 0.29) is 0 Å². The average Bonchev–Trinajstić information content (AvgIpc) is 2.10. The fourth-order valence-corrected chi connectivity index (χ4v) is 1.13. The molecule has 0 rings (SSSR count). The lowest BCUT2D eigenvalue weighted by atomic mass is 10.1. The zero-order valence-corrected chi connectivity index (χ0v) is 9.18. The third-order valence-corrected chi connectivity index (χ3v) is 1.99. The Hall–Kier alpha value is -0.590. The van der Waals surface area contributed by atoms with Crippen molar-refractivity contribution >= 4 is 5.78 Å². The van der Waals surface area contributed by atoms with E-state index in [0.717, 1.165) is 25.7 Å². The standard InChI is InChI=1S/C12H22O/c1-4-12(13)10-8-6-5-7-9-11(2)3/h7,9,11H,4-6,8,10H2,1-3H3. The molecule has 0 spiro atoms. The molecule has 0 saturated carbocycles. The number of unbranched alkanes of at least 4 members (excludes halogenated alkanes) is 2. The van der Waals surface area contributed by atoms with Crippen LogP contribution in [0.2, 0.25) is 0 Å². The Bertz CT molecular complexity index is 157. The number of carbonyl (C=O) groups excluding carboxylic acids is 1. The number of carbonyl (C=O) groups is 1. The van der Waals surface area contributed by atoms with Crippen molar-refractivity contribution in [2.45, 2.75) is 52.9 Å². The third kappa shape index (κ3) is 9.32. The molecule has 13 heavy (non-hydrogen) atoms. The maximum atomic E-state index is 10.9. The molecule has 0 atom stereocenters. The number of hydrogen-bond donors (Lipinski definition) is 0. The van der Waals surface area contributed by atoms with E-state index >= 15 is 0 Å². The Morgan fingerprint density at radius 3 is 2.54 bits per heavy atom. The average molecular weight is 182 g/mol. The predicted octanol–water partition coefficient (Wildman–Crippen LogP) is 3.74. The van der Waals surface area contributed by atoms with Crippen molar-refractivity contribution in [1.29, 1.82) is 0 Å². The third-order valence-electron chi connectivity index (χ3n) is 1.99. The van der Waals surface area contributed by atoms with Crippen LogP contribution in [0.15, 0.2) is 12.2 Å². The van der Waals surface area contributed by atoms with Crippen molar-refractivity contribution in [3.63, 3.8) is 0 Å². The number of rotatable bonds is 7. The van der Waals surface area contributed by atoms with E-state index in [0.29, 0.717) is 18.1 Å². The predicted molar refractivity (Wildman–Crippen MR) is 57.7 cm³/mol. The molecule has 0 unspecified atom stereocenters. The van der Waals surface area contributed by atoms with E-state index in [1.165, 1.54) is 0 Å². The molecule has 0 saturated heterocycles. The molecule has 1 nitrogen and oxygen atoms in total. The first-order valence-electron chi connectivity index (χ1n) is 5.35. The maximum Gasteiger partial charge on any atom is 0.132 e. The lowest BCUT2D eigenvalue weighted by molar-refractivity contribution is -0.118. The largest absolute Gasteiger partial charge is 0.300 e. The summed E-state index contributed by atoms with van der Waals surface area (Å²) in [6.07, 6.45) is 9.23. The Kier molecular flexibility index (Phi) is 7.66. The molecule has 0 N–H and O–H groups in total. The van der Waals surface area contributed by atoms with Crippen LogP contribution < -0.4 is 0 Å². The zero-order valence-electron chi connectivity index (χ0n) is 9.18. The number of Topliss-reactive ketones (excluding diaryl/α,β-unsaturated/α-hetero) is 1. The second-order valence-corrected chi connectivity index (χ2v) is 3.81. The highest BCUT2D eigenvalue weighted by atomic mass is 16.1. The molecule has 0 bridgehead atoms. The van der Waals surface area contributed by atoms with Gasteiger partial charge >= 0.3 is 0 Å². The molecule has 0 fully saturated rings. The molecule has 0 radical (unpaired) electrons. The van der Waals surface area contributed by atoms with Crippen molar-refractivity contribution in [2.75, 3.05) is 0 Å². The van der Waals surface area contributed by atoms with E-state index in [2.05, 4.69) is 26.0 Å². The van der Waals surface area contributed by atoms with Gasteiger partial charge in [-0.15, -0.1) is 0 Å². The molecule has 0 aliphatic heterocycles. The molecular formula is C12H22O. The van der Waals surface area contributed by atoms with Crippen molar-refractivity contribution in [3.8, 4) is 0 Å². The van der Waals surface area contributed by atoms with Crippen LogP contribution >= 0.6 is 0 Å². The first kappa shape index (κ1) is 12.4. The van der Waals surface area contributed by atoms with Crippen LogP contribution in [-0.4, -0.2) is 5.78 Å². The molecule has 0 aliphatic rings. The second-order valence-electron chi connectivity index (χ2n) is 3.81. The van der Waals surface area contributed by atoms with Gasteiger partial charge < -0.3 is 0 Å². The Morgan fingerprint density at radius 2 is 2.00 bits per heavy atom. The van der Waals surface area contributed by atoms with Crippen LogP contribution in [0.4, 0.5) is 0 Å². The fraction of sp³-hybridized carbons (Fsp3) is 0.750. The van der Waals surface area contributed by atoms with Crippen molar-refractivity contribution < 1.29 is 4.79 Å². The molecular weight excluding hydrogens is 160 g/mol. The highest BCUT2D eigenvalue weighted by molar-refractivity contribution is 5.77. The van der Waals surface area contributed by atoms with E-state index in [1.807, 2.05) is 6.92 Å². The van der Waals surface area contributed by atoms with Gasteiger partial charge in [-0.05, 0) is 25.2 Å². The van der Waals surface area contributed by atoms with Gasteiger partial charge in [0.1, 0.15) is 5.78 Å². The lowest BCUT2D eigenvalue weighted by Crippen LogP contribution is -1.93. The molecule has 0 aliphatic carbocycles. The summed E-state index contributed by atoms with van der Waals surface area (Å²) in [6, 6.07) is 0. The lowest BCUT2D eigenvalue weighted by Gasteiger charge is -1.97. The van der Waals surface area contributed by atoms with Gasteiger partial charge in [0.2, 0.25) is 0 Å². The van der Waals surface area contributed by atoms with Crippen molar-refractivity contribution in [2.24, 2.45) is 5.92 Å². The Morgan fingerprint density at radius 1 is 1.31 bits per heavy atom. The monoisotopic (exact) mass is 182 g/mol. The van der Waals surface area contributed by atoms with Gasteiger partial charge in [-0.2, -0.15) is 0 Å². The minimum Gasteiger partial charge on any atom is -0.300 e. The maximum absolute atomic E-state index is 10.9. The summed E-state index contributed by atoms with van der Waals surface area (Å²) in [5.41, 5.74) is 0. The quantitative estimate of drug-likeness (QED) is 0.433. The van der Waals surface area contributed by atoms with Gasteiger partial charge in [0.05, 0.1) is 0 Å². The number of ketones is 1. The number of hydrogen-bond acceptors (Lipinski definition) is 1. The van der Waals surface area contributed by atoms with Crippen LogP contribution in [0.3, 0.4) is 0 Å². The van der Waals surface area contributed by atoms with Crippen LogP contribution in [-0.2, 0) is 4.79 Å². The first-order valence-corrected chi connectivity index (χ1v) is 5.35. The summed E-state index contributed by atoms with van der Waals surface area (Å²) in [5.74, 6) is 1.05. The summed E-state index contributed by atoms with van der Waals surface area (Å²) in [7, 11) is 0. The Labute approximate surface area is 82.2 Å². The number of allylic oxidation sites excluding steroid dienone is 2. The van der Waals surface area contributed by atoms with Gasteiger partial charge in [-0.1, -0.05) is 32.9 Å². The van der Waals surface area contributed by atoms with Gasteiger partial charge in [-0.25, -0.2) is 0 Å². The van der Waals surface area contributed by atoms with Crippen LogP contribution in [0.25, 0.3) is 0 Å². The molecule has 0 amide bonds. The summed E-state index contributed by atoms with van der Waals surface area (Å²) < 4.78 is 0. The fourth-order valence-electron chi connectivity index (χ4n) is 1.13. The van der Waals surface area contributed by atoms with E-state index in [9.17, 15) is 4.79 Å². The van der Waals surface area contributed by atoms with E-state index in [4.69, 9.17) is 0 Å². The molecule has 0 aromatic rings. The van der Waals surface area contributed by atoms with Crippen LogP contribution in [0, 0.1) is 5.92 Å². The Balaban J connectivity index is 3.22. The van der Waals surface area contributed by atoms with Crippen molar-refractivity contribution in [1.82, 2.24) is 0 Å². The second kappa shape index (κ2) is 8.03. The highest BCUT2D eigenvalue weighted by Crippen LogP contribution is 2.04. The summed E-state index contributed by atoms with van der Waals surface area (Å²) in [6.45, 7) is 6.29. The van der Waals surface area contributed by atoms with Gasteiger partial charge in [0, 0.05) is 12.8 Å². The summed E-state index contributed by atoms with van der Waals surface area (Å²) >= 11 is 0. The van der Waals surface area contributed by atoms with Crippen LogP contribution in [0.1, 0.15) is 52.9 Å². The van der Waals surface area contributed by atoms with Gasteiger partial charge in [0.15, 0.2) is 0 Å².